The SMILES string of the molecule is CCn1cc(Nc2cc(C#N)ccn2)cn1. The average Bonchev–Trinajstić information content (AvgIpc) is 2.77. The third-order valence-corrected chi connectivity index (χ3v) is 2.12. The number of pyridine rings is 1. The van der Waals surface area contributed by atoms with Crippen LogP contribution in [0.15, 0.2) is 30.7 Å². The van der Waals surface area contributed by atoms with Crippen LogP contribution in [0.2, 0.25) is 0 Å². The molecule has 0 saturated carbocycles. The van der Waals surface area contributed by atoms with Crippen molar-refractivity contribution in [3.8, 4) is 6.07 Å². The Kier molecular flexibility index (Phi) is 2.83. The van der Waals surface area contributed by atoms with Gasteiger partial charge in [0.15, 0.2) is 0 Å². The fourth-order valence-corrected chi connectivity index (χ4v) is 1.32. The molecule has 0 aliphatic heterocycles. The summed E-state index contributed by atoms with van der Waals surface area (Å²) in [6, 6.07) is 5.43. The zero-order valence-electron chi connectivity index (χ0n) is 8.88. The van der Waals surface area contributed by atoms with E-state index in [0.29, 0.717) is 11.4 Å². The molecule has 0 amide bonds. The second-order valence-corrected chi connectivity index (χ2v) is 3.25. The second-order valence-electron chi connectivity index (χ2n) is 3.25. The highest BCUT2D eigenvalue weighted by Gasteiger charge is 1.99. The van der Waals surface area contributed by atoms with Crippen molar-refractivity contribution in [2.75, 3.05) is 5.32 Å². The largest absolute Gasteiger partial charge is 0.338 e. The molecule has 2 aromatic rings. The summed E-state index contributed by atoms with van der Waals surface area (Å²) in [5, 5.41) is 16.0. The van der Waals surface area contributed by atoms with Crippen LogP contribution < -0.4 is 5.32 Å². The van der Waals surface area contributed by atoms with E-state index < -0.39 is 0 Å². The van der Waals surface area contributed by atoms with Crippen LogP contribution in [0.5, 0.6) is 0 Å². The Hall–Kier alpha value is -2.35. The zero-order chi connectivity index (χ0) is 11.4. The highest BCUT2D eigenvalue weighted by Crippen LogP contribution is 2.13. The molecule has 1 N–H and O–H groups in total. The molecular weight excluding hydrogens is 202 g/mol. The van der Waals surface area contributed by atoms with Gasteiger partial charge in [-0.05, 0) is 19.1 Å². The maximum absolute atomic E-state index is 8.75. The van der Waals surface area contributed by atoms with Gasteiger partial charge >= 0.3 is 0 Å². The van der Waals surface area contributed by atoms with E-state index in [0.717, 1.165) is 12.2 Å². The molecule has 0 aliphatic rings. The number of aryl methyl sites for hydroxylation is 1. The molecule has 2 rings (SSSR count). The van der Waals surface area contributed by atoms with E-state index in [2.05, 4.69) is 21.5 Å². The number of hydrogen-bond donors (Lipinski definition) is 1. The molecule has 0 spiro atoms. The van der Waals surface area contributed by atoms with E-state index in [1.54, 1.807) is 24.5 Å². The van der Waals surface area contributed by atoms with Crippen LogP contribution in [0.1, 0.15) is 12.5 Å². The molecule has 2 heterocycles. The van der Waals surface area contributed by atoms with Gasteiger partial charge in [0.05, 0.1) is 23.5 Å². The van der Waals surface area contributed by atoms with E-state index in [9.17, 15) is 0 Å². The van der Waals surface area contributed by atoms with Crippen LogP contribution in [0.4, 0.5) is 11.5 Å². The molecule has 0 fully saturated rings. The van der Waals surface area contributed by atoms with Gasteiger partial charge in [-0.3, -0.25) is 4.68 Å². The minimum Gasteiger partial charge on any atom is -0.338 e. The fourth-order valence-electron chi connectivity index (χ4n) is 1.32. The first-order valence-corrected chi connectivity index (χ1v) is 4.97. The molecule has 16 heavy (non-hydrogen) atoms. The molecule has 0 saturated heterocycles. The molecule has 0 aromatic carbocycles. The smallest absolute Gasteiger partial charge is 0.131 e. The summed E-state index contributed by atoms with van der Waals surface area (Å²) in [4.78, 5) is 4.12. The van der Waals surface area contributed by atoms with E-state index in [1.807, 2.05) is 17.8 Å². The van der Waals surface area contributed by atoms with E-state index in [1.165, 1.54) is 0 Å². The third-order valence-electron chi connectivity index (χ3n) is 2.12. The van der Waals surface area contributed by atoms with E-state index >= 15 is 0 Å². The van der Waals surface area contributed by atoms with Crippen LogP contribution in [-0.2, 0) is 6.54 Å². The predicted molar refractivity (Wildman–Crippen MR) is 60.1 cm³/mol. The van der Waals surface area contributed by atoms with Gasteiger partial charge in [-0.25, -0.2) is 4.98 Å². The number of nitriles is 1. The van der Waals surface area contributed by atoms with Crippen molar-refractivity contribution in [1.29, 1.82) is 5.26 Å². The lowest BCUT2D eigenvalue weighted by atomic mass is 10.3. The Morgan fingerprint density at radius 3 is 3.12 bits per heavy atom. The quantitative estimate of drug-likeness (QED) is 0.845. The molecular formula is C11H11N5. The lowest BCUT2D eigenvalue weighted by Gasteiger charge is -2.01. The molecule has 0 aliphatic carbocycles. The predicted octanol–water partition coefficient (Wildman–Crippen LogP) is 1.91. The van der Waals surface area contributed by atoms with Crippen molar-refractivity contribution in [3.05, 3.63) is 36.3 Å². The summed E-state index contributed by atoms with van der Waals surface area (Å²) in [5.74, 6) is 0.648. The Morgan fingerprint density at radius 2 is 2.44 bits per heavy atom. The lowest BCUT2D eigenvalue weighted by molar-refractivity contribution is 0.660. The Labute approximate surface area is 93.4 Å². The van der Waals surface area contributed by atoms with Crippen molar-refractivity contribution in [2.24, 2.45) is 0 Å². The molecule has 0 bridgehead atoms. The first-order valence-electron chi connectivity index (χ1n) is 4.97. The summed E-state index contributed by atoms with van der Waals surface area (Å²) >= 11 is 0. The van der Waals surface area contributed by atoms with Gasteiger partial charge in [0, 0.05) is 18.9 Å². The van der Waals surface area contributed by atoms with Crippen molar-refractivity contribution < 1.29 is 0 Å². The van der Waals surface area contributed by atoms with E-state index in [4.69, 9.17) is 5.26 Å². The Morgan fingerprint density at radius 1 is 1.56 bits per heavy atom. The van der Waals surface area contributed by atoms with Gasteiger partial charge < -0.3 is 5.32 Å². The monoisotopic (exact) mass is 213 g/mol. The summed E-state index contributed by atoms with van der Waals surface area (Å²) in [6.45, 7) is 2.85. The zero-order valence-corrected chi connectivity index (χ0v) is 8.88. The number of anilines is 2. The normalized spacial score (nSPS) is 9.75. The summed E-state index contributed by atoms with van der Waals surface area (Å²) in [6.07, 6.45) is 5.22. The highest BCUT2D eigenvalue weighted by atomic mass is 15.3. The minimum absolute atomic E-state index is 0.584. The first kappa shape index (κ1) is 10.2. The van der Waals surface area contributed by atoms with Crippen LogP contribution in [-0.4, -0.2) is 14.8 Å². The van der Waals surface area contributed by atoms with Gasteiger partial charge in [-0.15, -0.1) is 0 Å². The molecule has 0 atom stereocenters. The van der Waals surface area contributed by atoms with Crippen molar-refractivity contribution in [1.82, 2.24) is 14.8 Å². The summed E-state index contributed by atoms with van der Waals surface area (Å²) < 4.78 is 1.82. The Bertz CT molecular complexity index is 523. The number of hydrogen-bond acceptors (Lipinski definition) is 4. The standard InChI is InChI=1S/C11H11N5/c1-2-16-8-10(7-14-16)15-11-5-9(6-12)3-4-13-11/h3-5,7-8H,2H2,1H3,(H,13,15). The molecule has 0 radical (unpaired) electrons. The lowest BCUT2D eigenvalue weighted by Crippen LogP contribution is -1.94. The van der Waals surface area contributed by atoms with Crippen LogP contribution >= 0.6 is 0 Å². The maximum Gasteiger partial charge on any atom is 0.131 e. The number of nitrogens with zero attached hydrogens (tertiary/aromatic N) is 4. The maximum atomic E-state index is 8.75. The minimum atomic E-state index is 0.584. The highest BCUT2D eigenvalue weighted by molar-refractivity contribution is 5.55. The average molecular weight is 213 g/mol. The molecule has 5 heteroatoms. The molecule has 5 nitrogen and oxygen atoms in total. The van der Waals surface area contributed by atoms with Crippen LogP contribution in [0.3, 0.4) is 0 Å². The first-order chi connectivity index (χ1) is 7.81. The number of rotatable bonds is 3. The molecule has 0 unspecified atom stereocenters. The third kappa shape index (κ3) is 2.17. The fraction of sp³-hybridized carbons (Fsp3) is 0.182. The molecule has 2 aromatic heterocycles. The summed E-state index contributed by atoms with van der Waals surface area (Å²) in [7, 11) is 0. The van der Waals surface area contributed by atoms with Crippen LogP contribution in [0.25, 0.3) is 0 Å². The van der Waals surface area contributed by atoms with Crippen molar-refractivity contribution in [3.63, 3.8) is 0 Å². The van der Waals surface area contributed by atoms with E-state index in [-0.39, 0.29) is 0 Å². The number of aromatic nitrogens is 3. The van der Waals surface area contributed by atoms with Gasteiger partial charge in [-0.1, -0.05) is 0 Å². The van der Waals surface area contributed by atoms with Gasteiger partial charge in [0.2, 0.25) is 0 Å². The van der Waals surface area contributed by atoms with Gasteiger partial charge in [0.25, 0.3) is 0 Å². The van der Waals surface area contributed by atoms with Gasteiger partial charge in [0.1, 0.15) is 5.82 Å². The number of nitrogens with one attached hydrogen (secondary N) is 1. The van der Waals surface area contributed by atoms with Gasteiger partial charge in [-0.2, -0.15) is 10.4 Å². The second kappa shape index (κ2) is 4.45. The molecule has 80 valence electrons. The van der Waals surface area contributed by atoms with Crippen LogP contribution in [0, 0.1) is 11.3 Å². The Balaban J connectivity index is 2.17. The topological polar surface area (TPSA) is 66.5 Å². The van der Waals surface area contributed by atoms with Crippen molar-refractivity contribution >= 4 is 11.5 Å². The summed E-state index contributed by atoms with van der Waals surface area (Å²) in [5.41, 5.74) is 1.45. The van der Waals surface area contributed by atoms with Crippen molar-refractivity contribution in [2.45, 2.75) is 13.5 Å².